The van der Waals surface area contributed by atoms with E-state index in [1.165, 1.54) is 18.1 Å². The number of aromatic nitrogens is 2. The fraction of sp³-hybridized carbons (Fsp3) is 0.348. The Morgan fingerprint density at radius 2 is 1.73 bits per heavy atom. The molecule has 2 aromatic rings. The number of hydrogen-bond acceptors (Lipinski definition) is 3. The van der Waals surface area contributed by atoms with Crippen molar-refractivity contribution in [3.05, 3.63) is 72.1 Å². The van der Waals surface area contributed by atoms with Crippen LogP contribution < -0.4 is 10.1 Å². The van der Waals surface area contributed by atoms with Crippen molar-refractivity contribution in [2.45, 2.75) is 19.8 Å². The fourth-order valence-electron chi connectivity index (χ4n) is 2.77. The van der Waals surface area contributed by atoms with E-state index in [4.69, 9.17) is 4.74 Å². The number of benzene rings is 1. The van der Waals surface area contributed by atoms with Crippen molar-refractivity contribution in [2.75, 3.05) is 34.3 Å². The first-order valence-corrected chi connectivity index (χ1v) is 9.73. The molecule has 1 heterocycles. The summed E-state index contributed by atoms with van der Waals surface area (Å²) in [7, 11) is 3.66. The van der Waals surface area contributed by atoms with E-state index in [9.17, 15) is 13.2 Å². The van der Waals surface area contributed by atoms with E-state index in [1.807, 2.05) is 42.2 Å². The zero-order valence-electron chi connectivity index (χ0n) is 17.7. The molecule has 164 valence electrons. The largest absolute Gasteiger partial charge is 0.497 e. The molecule has 1 aliphatic rings. The number of ether oxygens (including phenoxy) is 1. The van der Waals surface area contributed by atoms with Crippen molar-refractivity contribution < 1.29 is 17.9 Å². The minimum absolute atomic E-state index is 0.250. The maximum atomic E-state index is 10.3. The number of rotatable bonds is 6. The Morgan fingerprint density at radius 1 is 1.07 bits per heavy atom. The molecule has 1 aromatic heterocycles. The molecular weight excluding hydrogens is 391 g/mol. The summed E-state index contributed by atoms with van der Waals surface area (Å²) in [6.45, 7) is 0.454. The minimum atomic E-state index is -1.75. The lowest BCUT2D eigenvalue weighted by Crippen LogP contribution is -2.07. The number of halogens is 3. The molecule has 0 bridgehead atoms. The molecule has 30 heavy (non-hydrogen) atoms. The van der Waals surface area contributed by atoms with Gasteiger partial charge in [0, 0.05) is 0 Å². The highest BCUT2D eigenvalue weighted by Gasteiger charge is 2.09. The number of alkyl halides is 3. The molecule has 0 radical (unpaired) electrons. The molecule has 0 unspecified atom stereocenters. The summed E-state index contributed by atoms with van der Waals surface area (Å²) >= 11 is 0. The quantitative estimate of drug-likeness (QED) is 0.658. The summed E-state index contributed by atoms with van der Waals surface area (Å²) < 4.78 is 36.7. The molecule has 0 amide bonds. The molecule has 0 saturated carbocycles. The highest BCUT2D eigenvalue weighted by molar-refractivity contribution is 5.74. The molecule has 3 rings (SSSR count). The summed E-state index contributed by atoms with van der Waals surface area (Å²) in [5, 5.41) is 7.69. The Kier molecular flexibility index (Phi) is 12.7. The van der Waals surface area contributed by atoms with E-state index in [2.05, 4.69) is 40.8 Å². The van der Waals surface area contributed by atoms with Crippen LogP contribution in [-0.2, 0) is 0 Å². The Morgan fingerprint density at radius 3 is 2.33 bits per heavy atom. The second-order valence-electron chi connectivity index (χ2n) is 6.06. The molecule has 0 aliphatic heterocycles. The summed E-state index contributed by atoms with van der Waals surface area (Å²) in [5.74, 6) is 0.847. The van der Waals surface area contributed by atoms with Gasteiger partial charge < -0.3 is 10.1 Å². The molecule has 1 aromatic carbocycles. The van der Waals surface area contributed by atoms with Crippen LogP contribution in [0.15, 0.2) is 66.4 Å². The number of nitrogens with zero attached hydrogens (tertiary/aromatic N) is 2. The standard InChI is InChI=1S/C20H23N3O.C2H5F.CH2F2/c1-21-14-12-16-4-3-5-17(7-6-16)20-13-15-22-23(20)18-8-10-19(24-2)11-9-18;1-2-3;2-1-3/h4-11,13,15,21H,3,12,14H2,1-2H3;2H2,1H3;1H2. The lowest BCUT2D eigenvalue weighted by atomic mass is 10.1. The topological polar surface area (TPSA) is 39.1 Å². The van der Waals surface area contributed by atoms with Crippen molar-refractivity contribution in [1.29, 1.82) is 0 Å². The predicted molar refractivity (Wildman–Crippen MR) is 117 cm³/mol. The van der Waals surface area contributed by atoms with Crippen LogP contribution in [0.5, 0.6) is 5.75 Å². The monoisotopic (exact) mass is 421 g/mol. The van der Waals surface area contributed by atoms with Crippen LogP contribution in [0.4, 0.5) is 13.2 Å². The fourth-order valence-corrected chi connectivity index (χ4v) is 2.77. The molecule has 7 heteroatoms. The lowest BCUT2D eigenvalue weighted by Gasteiger charge is -2.09. The maximum Gasteiger partial charge on any atom is 0.229 e. The number of methoxy groups -OCH3 is 1. The third kappa shape index (κ3) is 8.29. The Balaban J connectivity index is 0.000000672. The van der Waals surface area contributed by atoms with Crippen molar-refractivity contribution in [1.82, 2.24) is 15.1 Å². The number of hydrogen-bond donors (Lipinski definition) is 1. The molecule has 1 aliphatic carbocycles. The van der Waals surface area contributed by atoms with Gasteiger partial charge in [0.15, 0.2) is 0 Å². The van der Waals surface area contributed by atoms with E-state index in [1.54, 1.807) is 7.11 Å². The van der Waals surface area contributed by atoms with Gasteiger partial charge in [-0.25, -0.2) is 13.5 Å². The summed E-state index contributed by atoms with van der Waals surface area (Å²) in [5.41, 5.74) is 4.68. The highest BCUT2D eigenvalue weighted by Crippen LogP contribution is 2.24. The van der Waals surface area contributed by atoms with Gasteiger partial charge in [-0.1, -0.05) is 29.9 Å². The normalized spacial score (nSPS) is 12.5. The van der Waals surface area contributed by atoms with Crippen LogP contribution in [0.1, 0.15) is 25.5 Å². The molecule has 0 saturated heterocycles. The molecule has 0 spiro atoms. The van der Waals surface area contributed by atoms with Crippen molar-refractivity contribution in [3.8, 4) is 11.4 Å². The van der Waals surface area contributed by atoms with Gasteiger partial charge >= 0.3 is 0 Å². The van der Waals surface area contributed by atoms with Gasteiger partial charge in [0.2, 0.25) is 6.93 Å². The van der Waals surface area contributed by atoms with Gasteiger partial charge in [-0.3, -0.25) is 4.39 Å². The second kappa shape index (κ2) is 15.1. The number of nitrogens with one attached hydrogen (secondary N) is 1. The Labute approximate surface area is 176 Å². The third-order valence-corrected chi connectivity index (χ3v) is 4.11. The van der Waals surface area contributed by atoms with Crippen LogP contribution in [0.2, 0.25) is 0 Å². The van der Waals surface area contributed by atoms with Crippen LogP contribution in [0.25, 0.3) is 11.3 Å². The Bertz CT molecular complexity index is 809. The average molecular weight is 422 g/mol. The van der Waals surface area contributed by atoms with Crippen LogP contribution >= 0.6 is 0 Å². The maximum absolute atomic E-state index is 10.3. The molecular formula is C23H30F3N3O. The predicted octanol–water partition coefficient (Wildman–Crippen LogP) is 5.62. The van der Waals surface area contributed by atoms with E-state index in [0.29, 0.717) is 0 Å². The smallest absolute Gasteiger partial charge is 0.229 e. The Hall–Kier alpha value is -2.80. The van der Waals surface area contributed by atoms with Gasteiger partial charge in [-0.2, -0.15) is 5.10 Å². The van der Waals surface area contributed by atoms with E-state index < -0.39 is 6.93 Å². The highest BCUT2D eigenvalue weighted by atomic mass is 19.3. The first kappa shape index (κ1) is 25.2. The van der Waals surface area contributed by atoms with Crippen molar-refractivity contribution in [3.63, 3.8) is 0 Å². The number of allylic oxidation sites excluding steroid dienone is 5. The first-order chi connectivity index (χ1) is 14.6. The second-order valence-corrected chi connectivity index (χ2v) is 6.06. The third-order valence-electron chi connectivity index (χ3n) is 4.11. The average Bonchev–Trinajstić information content (AvgIpc) is 3.13. The first-order valence-electron chi connectivity index (χ1n) is 9.73. The lowest BCUT2D eigenvalue weighted by molar-refractivity contribution is 0.295. The van der Waals surface area contributed by atoms with Crippen LogP contribution in [0.3, 0.4) is 0 Å². The van der Waals surface area contributed by atoms with Crippen LogP contribution in [-0.4, -0.2) is 44.1 Å². The van der Waals surface area contributed by atoms with Gasteiger partial charge in [-0.05, 0) is 69.3 Å². The van der Waals surface area contributed by atoms with Gasteiger partial charge in [0.1, 0.15) is 5.75 Å². The molecule has 1 N–H and O–H groups in total. The summed E-state index contributed by atoms with van der Waals surface area (Å²) in [6, 6.07) is 10.0. The van der Waals surface area contributed by atoms with E-state index >= 15 is 0 Å². The van der Waals surface area contributed by atoms with Gasteiger partial charge in [0.05, 0.1) is 31.4 Å². The van der Waals surface area contributed by atoms with Gasteiger partial charge in [-0.15, -0.1) is 0 Å². The van der Waals surface area contributed by atoms with E-state index in [-0.39, 0.29) is 6.67 Å². The van der Waals surface area contributed by atoms with Crippen LogP contribution in [0, 0.1) is 0 Å². The molecule has 0 atom stereocenters. The van der Waals surface area contributed by atoms with E-state index in [0.717, 1.165) is 36.5 Å². The summed E-state index contributed by atoms with van der Waals surface area (Å²) in [4.78, 5) is 0. The molecule has 4 nitrogen and oxygen atoms in total. The SMILES string of the molecule is CCF.CNCCC1=CCC=C(c2ccnn2-c2ccc(OC)cc2)C=C1.FCF. The van der Waals surface area contributed by atoms with Gasteiger partial charge in [0.25, 0.3) is 0 Å². The van der Waals surface area contributed by atoms with Crippen molar-refractivity contribution in [2.24, 2.45) is 0 Å². The molecule has 0 fully saturated rings. The minimum Gasteiger partial charge on any atom is -0.497 e. The van der Waals surface area contributed by atoms with Crippen molar-refractivity contribution >= 4 is 5.57 Å². The summed E-state index contributed by atoms with van der Waals surface area (Å²) in [6.07, 6.45) is 12.8. The zero-order valence-corrected chi connectivity index (χ0v) is 17.7. The zero-order chi connectivity index (χ0) is 22.2.